The molecule has 0 aliphatic rings. The highest BCUT2D eigenvalue weighted by Crippen LogP contribution is 2.29. The van der Waals surface area contributed by atoms with Crippen molar-refractivity contribution in [3.8, 4) is 5.75 Å². The third-order valence-corrected chi connectivity index (χ3v) is 4.90. The van der Waals surface area contributed by atoms with Crippen molar-refractivity contribution in [1.82, 2.24) is 5.32 Å². The van der Waals surface area contributed by atoms with E-state index in [1.165, 1.54) is 6.07 Å². The Balaban J connectivity index is 1.70. The maximum Gasteiger partial charge on any atom is 0.336 e. The topological polar surface area (TPSA) is 88.8 Å². The molecule has 0 saturated heterocycles. The van der Waals surface area contributed by atoms with E-state index in [0.29, 0.717) is 23.3 Å². The van der Waals surface area contributed by atoms with Crippen LogP contribution in [0.5, 0.6) is 5.75 Å². The lowest BCUT2D eigenvalue weighted by Gasteiger charge is -2.18. The van der Waals surface area contributed by atoms with E-state index in [4.69, 9.17) is 9.15 Å². The lowest BCUT2D eigenvalue weighted by atomic mass is 10.0. The van der Waals surface area contributed by atoms with E-state index in [2.05, 4.69) is 5.32 Å². The van der Waals surface area contributed by atoms with E-state index in [9.17, 15) is 14.7 Å². The summed E-state index contributed by atoms with van der Waals surface area (Å²) in [5.74, 6) is 0.128. The number of ether oxygens (including phenoxy) is 1. The minimum Gasteiger partial charge on any atom is -0.480 e. The molecule has 0 bridgehead atoms. The van der Waals surface area contributed by atoms with Crippen molar-refractivity contribution in [2.75, 3.05) is 6.54 Å². The van der Waals surface area contributed by atoms with Gasteiger partial charge in [-0.2, -0.15) is 0 Å². The second-order valence-electron chi connectivity index (χ2n) is 6.94. The molecule has 0 radical (unpaired) electrons. The summed E-state index contributed by atoms with van der Waals surface area (Å²) in [4.78, 5) is 24.2. The van der Waals surface area contributed by atoms with Gasteiger partial charge >= 0.3 is 5.63 Å². The number of aliphatic hydroxyl groups is 1. The minimum atomic E-state index is -0.795. The molecule has 29 heavy (non-hydrogen) atoms. The number of carbonyl (C=O) groups is 1. The second kappa shape index (κ2) is 8.92. The first-order chi connectivity index (χ1) is 13.9. The number of benzene rings is 2. The van der Waals surface area contributed by atoms with Gasteiger partial charge in [0.15, 0.2) is 6.10 Å². The van der Waals surface area contributed by atoms with Crippen molar-refractivity contribution in [2.24, 2.45) is 0 Å². The highest BCUT2D eigenvalue weighted by atomic mass is 16.5. The number of hydrogen-bond acceptors (Lipinski definition) is 5. The van der Waals surface area contributed by atoms with Gasteiger partial charge in [-0.1, -0.05) is 37.3 Å². The number of aryl methyl sites for hydroxylation is 2. The van der Waals surface area contributed by atoms with Gasteiger partial charge in [-0.3, -0.25) is 4.79 Å². The molecular formula is C23H25NO5. The number of fused-ring (bicyclic) bond motifs is 1. The van der Waals surface area contributed by atoms with Gasteiger partial charge in [0, 0.05) is 23.6 Å². The predicted molar refractivity (Wildman–Crippen MR) is 111 cm³/mol. The van der Waals surface area contributed by atoms with Gasteiger partial charge in [-0.05, 0) is 43.5 Å². The monoisotopic (exact) mass is 395 g/mol. The van der Waals surface area contributed by atoms with Crippen LogP contribution in [0.1, 0.15) is 36.6 Å². The number of amides is 1. The van der Waals surface area contributed by atoms with Gasteiger partial charge in [-0.25, -0.2) is 4.79 Å². The number of rotatable bonds is 7. The molecule has 2 N–H and O–H groups in total. The molecular weight excluding hydrogens is 370 g/mol. The third kappa shape index (κ3) is 4.66. The molecule has 1 heterocycles. The Bertz CT molecular complexity index is 1060. The van der Waals surface area contributed by atoms with Crippen LogP contribution in [-0.4, -0.2) is 23.7 Å². The Hall–Kier alpha value is -3.12. The summed E-state index contributed by atoms with van der Waals surface area (Å²) in [6.07, 6.45) is -0.865. The summed E-state index contributed by atoms with van der Waals surface area (Å²) in [6, 6.07) is 14.2. The molecule has 1 aromatic heterocycles. The maximum atomic E-state index is 12.4. The molecule has 3 rings (SSSR count). The summed E-state index contributed by atoms with van der Waals surface area (Å²) in [7, 11) is 0. The van der Waals surface area contributed by atoms with Crippen molar-refractivity contribution in [1.29, 1.82) is 0 Å². The molecule has 6 nitrogen and oxygen atoms in total. The lowest BCUT2D eigenvalue weighted by molar-refractivity contribution is -0.127. The normalized spacial score (nSPS) is 13.1. The van der Waals surface area contributed by atoms with Crippen LogP contribution in [0.4, 0.5) is 0 Å². The molecule has 1 amide bonds. The molecule has 3 aromatic rings. The molecule has 0 fully saturated rings. The molecule has 0 aliphatic carbocycles. The van der Waals surface area contributed by atoms with Crippen molar-refractivity contribution >= 4 is 16.9 Å². The Kier molecular flexibility index (Phi) is 6.34. The van der Waals surface area contributed by atoms with Crippen molar-refractivity contribution in [3.05, 3.63) is 75.6 Å². The van der Waals surface area contributed by atoms with Crippen LogP contribution in [-0.2, 0) is 11.2 Å². The average Bonchev–Trinajstić information content (AvgIpc) is 2.74. The fraction of sp³-hybridized carbons (Fsp3) is 0.304. The predicted octanol–water partition coefficient (Wildman–Crippen LogP) is 3.28. The Morgan fingerprint density at radius 2 is 1.93 bits per heavy atom. The highest BCUT2D eigenvalue weighted by Gasteiger charge is 2.19. The van der Waals surface area contributed by atoms with Crippen LogP contribution in [0, 0.1) is 6.92 Å². The van der Waals surface area contributed by atoms with Gasteiger partial charge < -0.3 is 19.6 Å². The van der Waals surface area contributed by atoms with E-state index >= 15 is 0 Å². The van der Waals surface area contributed by atoms with Crippen LogP contribution in [0.25, 0.3) is 11.0 Å². The standard InChI is InChI=1S/C23H25NO5/c1-4-16-12-21(26)29-22-14(2)20(11-10-18(16)22)28-15(3)23(27)24-13-19(25)17-8-6-5-7-9-17/h5-12,15,19,25H,4,13H2,1-3H3,(H,24,27)/t15-,19+/m1/s1. The molecule has 0 aliphatic heterocycles. The Morgan fingerprint density at radius 1 is 1.21 bits per heavy atom. The second-order valence-corrected chi connectivity index (χ2v) is 6.94. The molecule has 2 atom stereocenters. The van der Waals surface area contributed by atoms with E-state index in [1.807, 2.05) is 31.2 Å². The fourth-order valence-corrected chi connectivity index (χ4v) is 3.21. The SMILES string of the molecule is CCc1cc(=O)oc2c(C)c(O[C@H](C)C(=O)NC[C@H](O)c3ccccc3)ccc12. The first-order valence-electron chi connectivity index (χ1n) is 9.64. The van der Waals surface area contributed by atoms with Crippen LogP contribution in [0.3, 0.4) is 0 Å². The third-order valence-electron chi connectivity index (χ3n) is 4.90. The summed E-state index contributed by atoms with van der Waals surface area (Å²) in [5, 5.41) is 13.7. The van der Waals surface area contributed by atoms with Crippen LogP contribution >= 0.6 is 0 Å². The van der Waals surface area contributed by atoms with Gasteiger partial charge in [0.2, 0.25) is 0 Å². The zero-order chi connectivity index (χ0) is 21.0. The van der Waals surface area contributed by atoms with Crippen LogP contribution < -0.4 is 15.7 Å². The van der Waals surface area contributed by atoms with E-state index in [1.54, 1.807) is 32.0 Å². The first-order valence-corrected chi connectivity index (χ1v) is 9.64. The summed E-state index contributed by atoms with van der Waals surface area (Å²) >= 11 is 0. The fourth-order valence-electron chi connectivity index (χ4n) is 3.21. The van der Waals surface area contributed by atoms with Gasteiger partial charge in [0.1, 0.15) is 11.3 Å². The number of hydrogen-bond donors (Lipinski definition) is 2. The minimum absolute atomic E-state index is 0.0853. The maximum absolute atomic E-state index is 12.4. The van der Waals surface area contributed by atoms with Crippen molar-refractivity contribution in [2.45, 2.75) is 39.4 Å². The van der Waals surface area contributed by atoms with Gasteiger partial charge in [-0.15, -0.1) is 0 Å². The molecule has 0 saturated carbocycles. The van der Waals surface area contributed by atoms with E-state index < -0.39 is 17.8 Å². The summed E-state index contributed by atoms with van der Waals surface area (Å²) in [6.45, 7) is 5.49. The van der Waals surface area contributed by atoms with Gasteiger partial charge in [0.25, 0.3) is 5.91 Å². The average molecular weight is 395 g/mol. The quantitative estimate of drug-likeness (QED) is 0.600. The zero-order valence-electron chi connectivity index (χ0n) is 16.8. The summed E-state index contributed by atoms with van der Waals surface area (Å²) in [5.41, 5.74) is 2.37. The van der Waals surface area contributed by atoms with Crippen LogP contribution in [0.2, 0.25) is 0 Å². The Labute approximate surface area is 169 Å². The molecule has 152 valence electrons. The molecule has 0 unspecified atom stereocenters. The lowest BCUT2D eigenvalue weighted by Crippen LogP contribution is -2.38. The molecule has 0 spiro atoms. The number of carbonyl (C=O) groups excluding carboxylic acids is 1. The first kappa shape index (κ1) is 20.6. The highest BCUT2D eigenvalue weighted by molar-refractivity contribution is 5.85. The Morgan fingerprint density at radius 3 is 2.62 bits per heavy atom. The van der Waals surface area contributed by atoms with E-state index in [-0.39, 0.29) is 12.5 Å². The largest absolute Gasteiger partial charge is 0.480 e. The number of aliphatic hydroxyl groups excluding tert-OH is 1. The zero-order valence-corrected chi connectivity index (χ0v) is 16.8. The smallest absolute Gasteiger partial charge is 0.336 e. The summed E-state index contributed by atoms with van der Waals surface area (Å²) < 4.78 is 11.2. The van der Waals surface area contributed by atoms with Crippen molar-refractivity contribution < 1.29 is 19.1 Å². The van der Waals surface area contributed by atoms with Crippen LogP contribution in [0.15, 0.2) is 57.7 Å². The van der Waals surface area contributed by atoms with Crippen molar-refractivity contribution in [3.63, 3.8) is 0 Å². The van der Waals surface area contributed by atoms with E-state index in [0.717, 1.165) is 16.5 Å². The van der Waals surface area contributed by atoms with Gasteiger partial charge in [0.05, 0.1) is 6.10 Å². The molecule has 6 heteroatoms. The number of nitrogens with one attached hydrogen (secondary N) is 1. The molecule has 2 aromatic carbocycles.